The summed E-state index contributed by atoms with van der Waals surface area (Å²) in [4.78, 5) is 12.6. The lowest BCUT2D eigenvalue weighted by atomic mass is 10.1. The Morgan fingerprint density at radius 1 is 1.18 bits per heavy atom. The van der Waals surface area contributed by atoms with Gasteiger partial charge in [-0.3, -0.25) is 0 Å². The molecule has 0 amide bonds. The first kappa shape index (κ1) is 11.6. The van der Waals surface area contributed by atoms with Crippen molar-refractivity contribution in [3.8, 4) is 11.5 Å². The average Bonchev–Trinajstić information content (AvgIpc) is 2.29. The second kappa shape index (κ2) is 4.55. The highest BCUT2D eigenvalue weighted by Crippen LogP contribution is 2.16. The molecule has 0 spiro atoms. The zero-order valence-electron chi connectivity index (χ0n) is 9.74. The van der Waals surface area contributed by atoms with Crippen LogP contribution in [0.3, 0.4) is 0 Å². The molecular weight excluding hydrogens is 219 g/mol. The molecule has 2 aromatic heterocycles. The van der Waals surface area contributed by atoms with Gasteiger partial charge in [0.1, 0.15) is 11.5 Å². The van der Waals surface area contributed by atoms with E-state index in [4.69, 9.17) is 5.73 Å². The van der Waals surface area contributed by atoms with E-state index in [2.05, 4.69) is 15.0 Å². The molecule has 0 aromatic carbocycles. The Kier molecular flexibility index (Phi) is 3.10. The van der Waals surface area contributed by atoms with E-state index in [0.717, 1.165) is 23.1 Å². The van der Waals surface area contributed by atoms with Crippen LogP contribution in [0.5, 0.6) is 0 Å². The van der Waals surface area contributed by atoms with E-state index in [1.165, 1.54) is 6.07 Å². The number of rotatable bonds is 2. The molecular formula is C12H13FN4. The Balaban J connectivity index is 2.50. The Labute approximate surface area is 98.7 Å². The lowest BCUT2D eigenvalue weighted by molar-refractivity contribution is 0.621. The molecule has 17 heavy (non-hydrogen) atoms. The normalized spacial score (nSPS) is 10.6. The molecule has 0 unspecified atom stereocenters. The van der Waals surface area contributed by atoms with Crippen LogP contribution in [0.1, 0.15) is 17.0 Å². The molecule has 0 saturated carbocycles. The minimum Gasteiger partial charge on any atom is -0.326 e. The highest BCUT2D eigenvalue weighted by Gasteiger charge is 2.09. The van der Waals surface area contributed by atoms with Gasteiger partial charge in [0.2, 0.25) is 0 Å². The first-order chi connectivity index (χ1) is 8.11. The third kappa shape index (κ3) is 2.29. The standard InChI is InChI=1S/C12H13FN4/c1-7-10(5-14)8(2)17-12(16-7)11-4-3-9(13)6-15-11/h3-4,6H,5,14H2,1-2H3. The van der Waals surface area contributed by atoms with E-state index in [-0.39, 0.29) is 5.82 Å². The Hall–Kier alpha value is -1.88. The van der Waals surface area contributed by atoms with Gasteiger partial charge < -0.3 is 5.73 Å². The van der Waals surface area contributed by atoms with E-state index >= 15 is 0 Å². The number of aryl methyl sites for hydroxylation is 2. The summed E-state index contributed by atoms with van der Waals surface area (Å²) in [5, 5.41) is 0. The molecule has 0 saturated heterocycles. The van der Waals surface area contributed by atoms with Crippen LogP contribution in [-0.4, -0.2) is 15.0 Å². The van der Waals surface area contributed by atoms with Crippen molar-refractivity contribution in [2.75, 3.05) is 0 Å². The number of halogens is 1. The fourth-order valence-electron chi connectivity index (χ4n) is 1.66. The van der Waals surface area contributed by atoms with Gasteiger partial charge in [0.25, 0.3) is 0 Å². The van der Waals surface area contributed by atoms with Gasteiger partial charge in [-0.2, -0.15) is 0 Å². The second-order valence-electron chi connectivity index (χ2n) is 3.76. The van der Waals surface area contributed by atoms with Gasteiger partial charge in [0.15, 0.2) is 5.82 Å². The van der Waals surface area contributed by atoms with Crippen LogP contribution in [0.15, 0.2) is 18.3 Å². The molecule has 5 heteroatoms. The molecule has 88 valence electrons. The van der Waals surface area contributed by atoms with Gasteiger partial charge in [-0.25, -0.2) is 19.3 Å². The minimum atomic E-state index is -0.374. The fraction of sp³-hybridized carbons (Fsp3) is 0.250. The van der Waals surface area contributed by atoms with Crippen LogP contribution in [0.4, 0.5) is 4.39 Å². The van der Waals surface area contributed by atoms with Crippen molar-refractivity contribution >= 4 is 0 Å². The lowest BCUT2D eigenvalue weighted by Gasteiger charge is -2.08. The average molecular weight is 232 g/mol. The summed E-state index contributed by atoms with van der Waals surface area (Å²) in [6, 6.07) is 2.90. The van der Waals surface area contributed by atoms with Crippen LogP contribution >= 0.6 is 0 Å². The van der Waals surface area contributed by atoms with E-state index in [1.807, 2.05) is 13.8 Å². The highest BCUT2D eigenvalue weighted by molar-refractivity contribution is 5.50. The first-order valence-corrected chi connectivity index (χ1v) is 5.28. The summed E-state index contributed by atoms with van der Waals surface area (Å²) >= 11 is 0. The molecule has 0 aliphatic carbocycles. The monoisotopic (exact) mass is 232 g/mol. The summed E-state index contributed by atoms with van der Waals surface area (Å²) in [6.45, 7) is 4.17. The van der Waals surface area contributed by atoms with Crippen LogP contribution in [-0.2, 0) is 6.54 Å². The summed E-state index contributed by atoms with van der Waals surface area (Å²) in [6.07, 6.45) is 1.15. The van der Waals surface area contributed by atoms with Crippen LogP contribution < -0.4 is 5.73 Å². The Morgan fingerprint density at radius 3 is 2.29 bits per heavy atom. The number of hydrogen-bond donors (Lipinski definition) is 1. The summed E-state index contributed by atoms with van der Waals surface area (Å²) in [5.74, 6) is 0.123. The maximum absolute atomic E-state index is 12.8. The summed E-state index contributed by atoms with van der Waals surface area (Å²) in [7, 11) is 0. The predicted octanol–water partition coefficient (Wildman–Crippen LogP) is 1.75. The van der Waals surface area contributed by atoms with E-state index in [0.29, 0.717) is 18.1 Å². The van der Waals surface area contributed by atoms with Gasteiger partial charge in [0, 0.05) is 23.5 Å². The molecule has 0 radical (unpaired) electrons. The minimum absolute atomic E-state index is 0.374. The Morgan fingerprint density at radius 2 is 1.82 bits per heavy atom. The molecule has 4 nitrogen and oxygen atoms in total. The van der Waals surface area contributed by atoms with Crippen LogP contribution in [0, 0.1) is 19.7 Å². The third-order valence-electron chi connectivity index (χ3n) is 2.58. The topological polar surface area (TPSA) is 64.7 Å². The maximum atomic E-state index is 12.8. The van der Waals surface area contributed by atoms with Crippen molar-refractivity contribution in [2.45, 2.75) is 20.4 Å². The summed E-state index contributed by atoms with van der Waals surface area (Å²) in [5.41, 5.74) is 8.78. The van der Waals surface area contributed by atoms with Gasteiger partial charge in [-0.1, -0.05) is 0 Å². The van der Waals surface area contributed by atoms with Crippen molar-refractivity contribution in [3.05, 3.63) is 41.1 Å². The molecule has 0 aliphatic heterocycles. The number of nitrogens with two attached hydrogens (primary N) is 1. The van der Waals surface area contributed by atoms with E-state index in [9.17, 15) is 4.39 Å². The zero-order chi connectivity index (χ0) is 12.4. The maximum Gasteiger partial charge on any atom is 0.178 e. The second-order valence-corrected chi connectivity index (χ2v) is 3.76. The third-order valence-corrected chi connectivity index (χ3v) is 2.58. The quantitative estimate of drug-likeness (QED) is 0.856. The SMILES string of the molecule is Cc1nc(-c2ccc(F)cn2)nc(C)c1CN. The molecule has 2 rings (SSSR count). The number of hydrogen-bond acceptors (Lipinski definition) is 4. The smallest absolute Gasteiger partial charge is 0.178 e. The fourth-order valence-corrected chi connectivity index (χ4v) is 1.66. The predicted molar refractivity (Wildman–Crippen MR) is 62.6 cm³/mol. The molecule has 2 heterocycles. The molecule has 2 N–H and O–H groups in total. The van der Waals surface area contributed by atoms with Gasteiger partial charge in [-0.05, 0) is 26.0 Å². The van der Waals surface area contributed by atoms with Gasteiger partial charge >= 0.3 is 0 Å². The van der Waals surface area contributed by atoms with Crippen molar-refractivity contribution < 1.29 is 4.39 Å². The van der Waals surface area contributed by atoms with Gasteiger partial charge in [0.05, 0.1) is 6.20 Å². The molecule has 2 aromatic rings. The van der Waals surface area contributed by atoms with Crippen molar-refractivity contribution in [1.29, 1.82) is 0 Å². The number of nitrogens with zero attached hydrogens (tertiary/aromatic N) is 3. The summed E-state index contributed by atoms with van der Waals surface area (Å²) < 4.78 is 12.8. The molecule has 0 bridgehead atoms. The molecule has 0 atom stereocenters. The lowest BCUT2D eigenvalue weighted by Crippen LogP contribution is -2.07. The van der Waals surface area contributed by atoms with Gasteiger partial charge in [-0.15, -0.1) is 0 Å². The first-order valence-electron chi connectivity index (χ1n) is 5.28. The van der Waals surface area contributed by atoms with E-state index in [1.54, 1.807) is 6.07 Å². The molecule has 0 fully saturated rings. The van der Waals surface area contributed by atoms with Crippen molar-refractivity contribution in [1.82, 2.24) is 15.0 Å². The highest BCUT2D eigenvalue weighted by atomic mass is 19.1. The molecule has 0 aliphatic rings. The largest absolute Gasteiger partial charge is 0.326 e. The Bertz CT molecular complexity index is 514. The van der Waals surface area contributed by atoms with Crippen LogP contribution in [0.25, 0.3) is 11.5 Å². The number of aromatic nitrogens is 3. The van der Waals surface area contributed by atoms with Crippen molar-refractivity contribution in [3.63, 3.8) is 0 Å². The van der Waals surface area contributed by atoms with Crippen molar-refractivity contribution in [2.24, 2.45) is 5.73 Å². The van der Waals surface area contributed by atoms with Crippen LogP contribution in [0.2, 0.25) is 0 Å². The number of pyridine rings is 1. The zero-order valence-corrected chi connectivity index (χ0v) is 9.74. The van der Waals surface area contributed by atoms with E-state index < -0.39 is 0 Å².